The lowest BCUT2D eigenvalue weighted by Crippen LogP contribution is -2.50. The highest BCUT2D eigenvalue weighted by Gasteiger charge is 2.28. The number of aromatic nitrogens is 1. The molecular formula is C16H22N4O. The van der Waals surface area contributed by atoms with Gasteiger partial charge in [-0.3, -0.25) is 9.69 Å². The zero-order valence-electron chi connectivity index (χ0n) is 12.3. The Hall–Kier alpha value is -1.80. The first kappa shape index (κ1) is 14.2. The van der Waals surface area contributed by atoms with E-state index >= 15 is 0 Å². The summed E-state index contributed by atoms with van der Waals surface area (Å²) in [6.45, 7) is 2.13. The summed E-state index contributed by atoms with van der Waals surface area (Å²) in [5, 5.41) is 11.9. The molecule has 1 aliphatic carbocycles. The molecule has 1 atom stereocenters. The highest BCUT2D eigenvalue weighted by Crippen LogP contribution is 2.26. The summed E-state index contributed by atoms with van der Waals surface area (Å²) in [7, 11) is 0. The van der Waals surface area contributed by atoms with Crippen molar-refractivity contribution in [2.45, 2.75) is 50.6 Å². The van der Waals surface area contributed by atoms with Gasteiger partial charge in [-0.1, -0.05) is 12.8 Å². The van der Waals surface area contributed by atoms with Crippen LogP contribution in [0.15, 0.2) is 12.3 Å². The highest BCUT2D eigenvalue weighted by molar-refractivity contribution is 5.93. The van der Waals surface area contributed by atoms with Crippen LogP contribution in [-0.4, -0.2) is 41.0 Å². The van der Waals surface area contributed by atoms with Gasteiger partial charge in [0.2, 0.25) is 0 Å². The smallest absolute Gasteiger partial charge is 0.267 e. The number of nitriles is 1. The Morgan fingerprint density at radius 2 is 2.14 bits per heavy atom. The van der Waals surface area contributed by atoms with Crippen molar-refractivity contribution in [3.63, 3.8) is 0 Å². The molecule has 2 aliphatic rings. The summed E-state index contributed by atoms with van der Waals surface area (Å²) in [6, 6.07) is 4.58. The molecule has 112 valence electrons. The number of carbonyl (C=O) groups is 1. The molecule has 3 rings (SSSR count). The van der Waals surface area contributed by atoms with E-state index in [0.717, 1.165) is 32.0 Å². The Morgan fingerprint density at radius 3 is 2.86 bits per heavy atom. The lowest BCUT2D eigenvalue weighted by molar-refractivity contribution is 0.0870. The maximum atomic E-state index is 12.2. The van der Waals surface area contributed by atoms with Crippen molar-refractivity contribution in [1.82, 2.24) is 15.2 Å². The van der Waals surface area contributed by atoms with Crippen LogP contribution in [0.2, 0.25) is 0 Å². The summed E-state index contributed by atoms with van der Waals surface area (Å²) in [5.41, 5.74) is 0.973. The maximum absolute atomic E-state index is 12.2. The van der Waals surface area contributed by atoms with E-state index in [-0.39, 0.29) is 11.9 Å². The quantitative estimate of drug-likeness (QED) is 0.893. The van der Waals surface area contributed by atoms with E-state index in [2.05, 4.69) is 15.2 Å². The second kappa shape index (κ2) is 6.31. The second-order valence-electron chi connectivity index (χ2n) is 6.16. The van der Waals surface area contributed by atoms with Gasteiger partial charge in [-0.2, -0.15) is 5.26 Å². The number of nitrogens with one attached hydrogen (secondary N) is 2. The van der Waals surface area contributed by atoms with Gasteiger partial charge in [0.15, 0.2) is 0 Å². The van der Waals surface area contributed by atoms with Crippen molar-refractivity contribution < 1.29 is 4.79 Å². The van der Waals surface area contributed by atoms with Crippen molar-refractivity contribution in [2.75, 3.05) is 13.1 Å². The van der Waals surface area contributed by atoms with Crippen LogP contribution in [0.5, 0.6) is 0 Å². The molecule has 0 spiro atoms. The molecule has 5 nitrogen and oxygen atoms in total. The number of H-pyrrole nitrogens is 1. The number of amides is 1. The van der Waals surface area contributed by atoms with Gasteiger partial charge in [-0.25, -0.2) is 0 Å². The van der Waals surface area contributed by atoms with E-state index in [1.807, 2.05) is 6.07 Å². The summed E-state index contributed by atoms with van der Waals surface area (Å²) in [5.74, 6) is -0.102. The average molecular weight is 286 g/mol. The molecule has 0 radical (unpaired) electrons. The van der Waals surface area contributed by atoms with Gasteiger partial charge in [0.1, 0.15) is 11.8 Å². The number of hydrogen-bond donors (Lipinski definition) is 2. The number of carbonyl (C=O) groups excluding carboxylic acids is 1. The fraction of sp³-hybridized carbons (Fsp3) is 0.625. The van der Waals surface area contributed by atoms with Crippen molar-refractivity contribution >= 4 is 5.91 Å². The first-order valence-corrected chi connectivity index (χ1v) is 7.89. The molecule has 1 amide bonds. The summed E-state index contributed by atoms with van der Waals surface area (Å²) >= 11 is 0. The molecule has 21 heavy (non-hydrogen) atoms. The van der Waals surface area contributed by atoms with Crippen LogP contribution in [0.25, 0.3) is 0 Å². The largest absolute Gasteiger partial charge is 0.356 e. The minimum absolute atomic E-state index is 0.102. The first-order valence-electron chi connectivity index (χ1n) is 7.89. The lowest BCUT2D eigenvalue weighted by atomic mass is 10.0. The normalized spacial score (nSPS) is 23.9. The predicted molar refractivity (Wildman–Crippen MR) is 79.8 cm³/mol. The Balaban J connectivity index is 1.56. The van der Waals surface area contributed by atoms with E-state index in [1.165, 1.54) is 25.7 Å². The molecule has 1 aromatic heterocycles. The fourth-order valence-electron chi connectivity index (χ4n) is 3.58. The standard InChI is InChI=1S/C16H22N4O/c17-9-12-8-15(18-10-12)16(21)19-13-4-3-7-20(11-13)14-5-1-2-6-14/h8,10,13-14,18H,1-7,11H2,(H,19,21)/t13-/m1/s1. The molecule has 1 aliphatic heterocycles. The van der Waals surface area contributed by atoms with Crippen LogP contribution >= 0.6 is 0 Å². The highest BCUT2D eigenvalue weighted by atomic mass is 16.1. The molecule has 2 N–H and O–H groups in total. The van der Waals surface area contributed by atoms with E-state index in [4.69, 9.17) is 5.26 Å². The van der Waals surface area contributed by atoms with Gasteiger partial charge in [-0.05, 0) is 38.3 Å². The molecule has 1 saturated carbocycles. The number of piperidine rings is 1. The van der Waals surface area contributed by atoms with E-state index in [0.29, 0.717) is 11.3 Å². The number of likely N-dealkylation sites (tertiary alicyclic amines) is 1. The van der Waals surface area contributed by atoms with Crippen molar-refractivity contribution in [3.8, 4) is 6.07 Å². The molecule has 1 saturated heterocycles. The van der Waals surface area contributed by atoms with Crippen LogP contribution in [-0.2, 0) is 0 Å². The molecule has 1 aromatic rings. The van der Waals surface area contributed by atoms with Gasteiger partial charge >= 0.3 is 0 Å². The van der Waals surface area contributed by atoms with Crippen molar-refractivity contribution in [1.29, 1.82) is 5.26 Å². The molecule has 0 unspecified atom stereocenters. The summed E-state index contributed by atoms with van der Waals surface area (Å²) in [4.78, 5) is 17.6. The third-order valence-electron chi connectivity index (χ3n) is 4.69. The van der Waals surface area contributed by atoms with Gasteiger partial charge in [-0.15, -0.1) is 0 Å². The number of aromatic amines is 1. The Morgan fingerprint density at radius 1 is 1.33 bits per heavy atom. The Kier molecular flexibility index (Phi) is 4.26. The third kappa shape index (κ3) is 3.27. The Labute approximate surface area is 125 Å². The van der Waals surface area contributed by atoms with Gasteiger partial charge in [0, 0.05) is 24.8 Å². The first-order chi connectivity index (χ1) is 10.3. The minimum Gasteiger partial charge on any atom is -0.356 e. The van der Waals surface area contributed by atoms with Gasteiger partial charge in [0.05, 0.1) is 5.56 Å². The minimum atomic E-state index is -0.102. The van der Waals surface area contributed by atoms with Crippen LogP contribution < -0.4 is 5.32 Å². The molecular weight excluding hydrogens is 264 g/mol. The lowest BCUT2D eigenvalue weighted by Gasteiger charge is -2.37. The summed E-state index contributed by atoms with van der Waals surface area (Å²) in [6.07, 6.45) is 9.07. The second-order valence-corrected chi connectivity index (χ2v) is 6.16. The zero-order chi connectivity index (χ0) is 14.7. The van der Waals surface area contributed by atoms with E-state index < -0.39 is 0 Å². The van der Waals surface area contributed by atoms with E-state index in [9.17, 15) is 4.79 Å². The average Bonchev–Trinajstić information content (AvgIpc) is 3.19. The zero-order valence-corrected chi connectivity index (χ0v) is 12.3. The van der Waals surface area contributed by atoms with Crippen molar-refractivity contribution in [2.24, 2.45) is 0 Å². The third-order valence-corrected chi connectivity index (χ3v) is 4.69. The summed E-state index contributed by atoms with van der Waals surface area (Å²) < 4.78 is 0. The van der Waals surface area contributed by atoms with E-state index in [1.54, 1.807) is 12.3 Å². The molecule has 5 heteroatoms. The molecule has 2 fully saturated rings. The monoisotopic (exact) mass is 286 g/mol. The SMILES string of the molecule is N#Cc1c[nH]c(C(=O)N[C@@H]2CCCN(C3CCCC3)C2)c1. The van der Waals surface area contributed by atoms with Crippen LogP contribution in [0, 0.1) is 11.3 Å². The van der Waals surface area contributed by atoms with Gasteiger partial charge in [0.25, 0.3) is 5.91 Å². The maximum Gasteiger partial charge on any atom is 0.267 e. The van der Waals surface area contributed by atoms with Crippen LogP contribution in [0.3, 0.4) is 0 Å². The predicted octanol–water partition coefficient (Wildman–Crippen LogP) is 2.02. The van der Waals surface area contributed by atoms with Crippen LogP contribution in [0.1, 0.15) is 54.6 Å². The van der Waals surface area contributed by atoms with Crippen molar-refractivity contribution in [3.05, 3.63) is 23.5 Å². The number of hydrogen-bond acceptors (Lipinski definition) is 3. The van der Waals surface area contributed by atoms with Gasteiger partial charge < -0.3 is 10.3 Å². The van der Waals surface area contributed by atoms with Crippen LogP contribution in [0.4, 0.5) is 0 Å². The topological polar surface area (TPSA) is 71.9 Å². The molecule has 2 heterocycles. The Bertz CT molecular complexity index is 539. The molecule has 0 aromatic carbocycles. The number of nitrogens with zero attached hydrogens (tertiary/aromatic N) is 2. The fourth-order valence-corrected chi connectivity index (χ4v) is 3.58. The number of rotatable bonds is 3. The molecule has 0 bridgehead atoms.